The van der Waals surface area contributed by atoms with Crippen molar-refractivity contribution in [2.75, 3.05) is 20.2 Å². The highest BCUT2D eigenvalue weighted by Gasteiger charge is 2.28. The van der Waals surface area contributed by atoms with E-state index < -0.39 is 0 Å². The third-order valence-corrected chi connectivity index (χ3v) is 4.88. The van der Waals surface area contributed by atoms with Crippen LogP contribution in [-0.2, 0) is 0 Å². The van der Waals surface area contributed by atoms with E-state index in [1.165, 1.54) is 6.42 Å². The van der Waals surface area contributed by atoms with Gasteiger partial charge in [-0.3, -0.25) is 4.79 Å². The average molecular weight is 338 g/mol. The van der Waals surface area contributed by atoms with E-state index in [0.717, 1.165) is 35.1 Å². The molecule has 0 N–H and O–H groups in total. The highest BCUT2D eigenvalue weighted by molar-refractivity contribution is 5.98. The van der Waals surface area contributed by atoms with Crippen LogP contribution in [0.1, 0.15) is 30.8 Å². The van der Waals surface area contributed by atoms with Crippen molar-refractivity contribution in [3.05, 3.63) is 36.1 Å². The van der Waals surface area contributed by atoms with Gasteiger partial charge in [0.15, 0.2) is 5.76 Å². The Morgan fingerprint density at radius 1 is 1.16 bits per heavy atom. The first-order valence-electron chi connectivity index (χ1n) is 8.71. The van der Waals surface area contributed by atoms with Gasteiger partial charge in [0.05, 0.1) is 12.6 Å². The van der Waals surface area contributed by atoms with Crippen molar-refractivity contribution >= 4 is 27.9 Å². The monoisotopic (exact) mass is 338 g/mol. The van der Waals surface area contributed by atoms with E-state index in [2.05, 4.69) is 18.8 Å². The van der Waals surface area contributed by atoms with Crippen molar-refractivity contribution in [1.82, 2.24) is 9.88 Å². The Balaban J connectivity index is 1.70. The van der Waals surface area contributed by atoms with E-state index in [0.29, 0.717) is 23.3 Å². The van der Waals surface area contributed by atoms with E-state index in [1.807, 2.05) is 29.2 Å². The molecule has 25 heavy (non-hydrogen) atoms. The second-order valence-corrected chi connectivity index (χ2v) is 7.21. The molecule has 0 bridgehead atoms. The average Bonchev–Trinajstić information content (AvgIpc) is 3.00. The van der Waals surface area contributed by atoms with Crippen molar-refractivity contribution in [2.45, 2.75) is 20.3 Å². The van der Waals surface area contributed by atoms with Crippen LogP contribution in [0.5, 0.6) is 5.75 Å². The van der Waals surface area contributed by atoms with Crippen LogP contribution in [0.3, 0.4) is 0 Å². The molecule has 0 unspecified atom stereocenters. The summed E-state index contributed by atoms with van der Waals surface area (Å²) in [6.07, 6.45) is 1.17. The molecule has 0 aliphatic carbocycles. The van der Waals surface area contributed by atoms with Crippen molar-refractivity contribution in [3.8, 4) is 5.75 Å². The summed E-state index contributed by atoms with van der Waals surface area (Å²) < 4.78 is 11.0. The zero-order valence-corrected chi connectivity index (χ0v) is 14.8. The van der Waals surface area contributed by atoms with E-state index in [1.54, 1.807) is 13.2 Å². The number of hydrogen-bond acceptors (Lipinski definition) is 4. The predicted octanol–water partition coefficient (Wildman–Crippen LogP) is 4.11. The number of piperidine rings is 1. The molecule has 1 aliphatic rings. The maximum atomic E-state index is 12.8. The Kier molecular flexibility index (Phi) is 3.86. The second-order valence-electron chi connectivity index (χ2n) is 7.21. The van der Waals surface area contributed by atoms with Crippen LogP contribution in [0.4, 0.5) is 0 Å². The molecule has 0 spiro atoms. The van der Waals surface area contributed by atoms with E-state index >= 15 is 0 Å². The molecule has 2 aromatic heterocycles. The van der Waals surface area contributed by atoms with Gasteiger partial charge in [-0.15, -0.1) is 0 Å². The lowest BCUT2D eigenvalue weighted by Crippen LogP contribution is -2.42. The molecule has 5 heteroatoms. The highest BCUT2D eigenvalue weighted by atomic mass is 16.5. The number of benzene rings is 1. The van der Waals surface area contributed by atoms with Gasteiger partial charge in [0, 0.05) is 29.9 Å². The summed E-state index contributed by atoms with van der Waals surface area (Å²) in [7, 11) is 1.63. The van der Waals surface area contributed by atoms with Gasteiger partial charge in [-0.2, -0.15) is 0 Å². The lowest BCUT2D eigenvalue weighted by atomic mass is 9.92. The molecule has 1 fully saturated rings. The Bertz CT molecular complexity index is 937. The van der Waals surface area contributed by atoms with Crippen LogP contribution in [0, 0.1) is 11.8 Å². The molecule has 0 radical (unpaired) electrons. The molecule has 3 heterocycles. The normalized spacial score (nSPS) is 21.0. The summed E-state index contributed by atoms with van der Waals surface area (Å²) in [6.45, 7) is 5.95. The molecule has 130 valence electrons. The first-order chi connectivity index (χ1) is 12.0. The first-order valence-corrected chi connectivity index (χ1v) is 8.71. The Morgan fingerprint density at radius 2 is 1.92 bits per heavy atom. The van der Waals surface area contributed by atoms with E-state index in [4.69, 9.17) is 9.15 Å². The van der Waals surface area contributed by atoms with Gasteiger partial charge in [0.1, 0.15) is 5.75 Å². The van der Waals surface area contributed by atoms with Gasteiger partial charge >= 0.3 is 0 Å². The van der Waals surface area contributed by atoms with Crippen molar-refractivity contribution in [1.29, 1.82) is 0 Å². The summed E-state index contributed by atoms with van der Waals surface area (Å²) in [4.78, 5) is 19.3. The number of carbonyl (C=O) groups is 1. The largest absolute Gasteiger partial charge is 0.497 e. The van der Waals surface area contributed by atoms with Crippen LogP contribution >= 0.6 is 0 Å². The quantitative estimate of drug-likeness (QED) is 0.706. The van der Waals surface area contributed by atoms with Gasteiger partial charge in [-0.05, 0) is 42.5 Å². The molecule has 5 nitrogen and oxygen atoms in total. The fourth-order valence-corrected chi connectivity index (χ4v) is 3.82. The number of ether oxygens (including phenoxy) is 1. The third-order valence-electron chi connectivity index (χ3n) is 4.88. The number of likely N-dealkylation sites (tertiary alicyclic amines) is 1. The number of methoxy groups -OCH3 is 1. The predicted molar refractivity (Wildman–Crippen MR) is 96.9 cm³/mol. The van der Waals surface area contributed by atoms with Gasteiger partial charge < -0.3 is 14.1 Å². The number of carbonyl (C=O) groups excluding carboxylic acids is 1. The maximum absolute atomic E-state index is 12.8. The number of amides is 1. The summed E-state index contributed by atoms with van der Waals surface area (Å²) in [5, 5.41) is 1.84. The van der Waals surface area contributed by atoms with Crippen molar-refractivity contribution in [2.24, 2.45) is 11.8 Å². The number of furan rings is 1. The molecule has 0 saturated carbocycles. The second kappa shape index (κ2) is 6.06. The van der Waals surface area contributed by atoms with Gasteiger partial charge in [0.2, 0.25) is 5.71 Å². The number of nitrogens with zero attached hydrogens (tertiary/aromatic N) is 2. The molecule has 2 atom stereocenters. The zero-order valence-electron chi connectivity index (χ0n) is 14.8. The molecule has 1 aromatic carbocycles. The first kappa shape index (κ1) is 15.9. The number of rotatable bonds is 2. The number of fused-ring (bicyclic) bond motifs is 2. The minimum atomic E-state index is -0.0435. The SMILES string of the molecule is COc1ccc2cc3cc(C(=O)N4C[C@H](C)C[C@@H](C)C4)oc3nc2c1. The van der Waals surface area contributed by atoms with Crippen LogP contribution in [0.2, 0.25) is 0 Å². The summed E-state index contributed by atoms with van der Waals surface area (Å²) in [5.41, 5.74) is 1.28. The van der Waals surface area contributed by atoms with E-state index in [9.17, 15) is 4.79 Å². The molecule has 3 aromatic rings. The van der Waals surface area contributed by atoms with Crippen LogP contribution < -0.4 is 4.74 Å². The van der Waals surface area contributed by atoms with Crippen molar-refractivity contribution < 1.29 is 13.9 Å². The van der Waals surface area contributed by atoms with Gasteiger partial charge in [0.25, 0.3) is 5.91 Å². The molecule has 1 saturated heterocycles. The van der Waals surface area contributed by atoms with Gasteiger partial charge in [-0.1, -0.05) is 13.8 Å². The van der Waals surface area contributed by atoms with Crippen LogP contribution in [0.15, 0.2) is 34.7 Å². The minimum absolute atomic E-state index is 0.0435. The fraction of sp³-hybridized carbons (Fsp3) is 0.400. The van der Waals surface area contributed by atoms with Gasteiger partial charge in [-0.25, -0.2) is 4.98 Å². The lowest BCUT2D eigenvalue weighted by Gasteiger charge is -2.34. The highest BCUT2D eigenvalue weighted by Crippen LogP contribution is 2.28. The van der Waals surface area contributed by atoms with Crippen LogP contribution in [-0.4, -0.2) is 36.0 Å². The lowest BCUT2D eigenvalue weighted by molar-refractivity contribution is 0.0593. The number of aromatic nitrogens is 1. The third kappa shape index (κ3) is 2.95. The molecule has 1 aliphatic heterocycles. The number of pyridine rings is 1. The minimum Gasteiger partial charge on any atom is -0.497 e. The standard InChI is InChI=1S/C20H22N2O3/c1-12-6-13(2)11-22(10-12)20(23)18-8-15-7-14-4-5-16(24-3)9-17(14)21-19(15)25-18/h4-5,7-9,12-13H,6,10-11H2,1-3H3/t12-,13-/m1/s1. The van der Waals surface area contributed by atoms with Crippen molar-refractivity contribution in [3.63, 3.8) is 0 Å². The van der Waals surface area contributed by atoms with E-state index in [-0.39, 0.29) is 5.91 Å². The maximum Gasteiger partial charge on any atom is 0.289 e. The Morgan fingerprint density at radius 3 is 2.64 bits per heavy atom. The molecule has 1 amide bonds. The Hall–Kier alpha value is -2.56. The van der Waals surface area contributed by atoms with Crippen LogP contribution in [0.25, 0.3) is 22.0 Å². The summed E-state index contributed by atoms with van der Waals surface area (Å²) in [6, 6.07) is 9.53. The zero-order chi connectivity index (χ0) is 17.6. The number of hydrogen-bond donors (Lipinski definition) is 0. The smallest absolute Gasteiger partial charge is 0.289 e. The Labute approximate surface area is 146 Å². The molecular weight excluding hydrogens is 316 g/mol. The summed E-state index contributed by atoms with van der Waals surface area (Å²) >= 11 is 0. The molecule has 4 rings (SSSR count). The fourth-order valence-electron chi connectivity index (χ4n) is 3.82. The summed E-state index contributed by atoms with van der Waals surface area (Å²) in [5.74, 6) is 2.11. The molecular formula is C20H22N2O3. The topological polar surface area (TPSA) is 55.6 Å².